The van der Waals surface area contributed by atoms with Gasteiger partial charge in [0.25, 0.3) is 0 Å². The molecule has 2 aliphatic rings. The first-order valence-electron chi connectivity index (χ1n) is 11.0. The number of hydrogen-bond donors (Lipinski definition) is 0. The molecule has 3 aromatic rings. The Labute approximate surface area is 177 Å². The van der Waals surface area contributed by atoms with Gasteiger partial charge in [-0.2, -0.15) is 0 Å². The third-order valence-corrected chi connectivity index (χ3v) is 7.31. The molecule has 0 unspecified atom stereocenters. The highest BCUT2D eigenvalue weighted by atomic mass is 32.1. The van der Waals surface area contributed by atoms with Gasteiger partial charge in [-0.3, -0.25) is 9.80 Å². The molecule has 154 valence electrons. The molecule has 4 nitrogen and oxygen atoms in total. The number of hydrogen-bond acceptors (Lipinski definition) is 5. The number of likely N-dealkylation sites (tertiary alicyclic amines) is 2. The summed E-state index contributed by atoms with van der Waals surface area (Å²) in [6, 6.07) is 13.0. The Kier molecular flexibility index (Phi) is 5.88. The van der Waals surface area contributed by atoms with Crippen LogP contribution in [0.1, 0.15) is 25.7 Å². The SMILES string of the molecule is c1cc2sc3ccc(OCCN4CCCC4)cc3c2cc1OCCN1CCCC1. The highest BCUT2D eigenvalue weighted by Gasteiger charge is 2.13. The van der Waals surface area contributed by atoms with E-state index in [0.717, 1.165) is 37.8 Å². The second-order valence-electron chi connectivity index (χ2n) is 8.21. The van der Waals surface area contributed by atoms with E-state index in [9.17, 15) is 0 Å². The zero-order valence-corrected chi connectivity index (χ0v) is 17.9. The van der Waals surface area contributed by atoms with Gasteiger partial charge in [0.2, 0.25) is 0 Å². The van der Waals surface area contributed by atoms with Crippen LogP contribution >= 0.6 is 11.3 Å². The van der Waals surface area contributed by atoms with Gasteiger partial charge >= 0.3 is 0 Å². The fraction of sp³-hybridized carbons (Fsp3) is 0.500. The molecule has 0 N–H and O–H groups in total. The summed E-state index contributed by atoms with van der Waals surface area (Å²) in [6.45, 7) is 8.46. The molecule has 2 fully saturated rings. The lowest BCUT2D eigenvalue weighted by atomic mass is 10.1. The van der Waals surface area contributed by atoms with Crippen LogP contribution in [0.25, 0.3) is 20.2 Å². The average molecular weight is 411 g/mol. The van der Waals surface area contributed by atoms with Crippen LogP contribution in [-0.4, -0.2) is 62.3 Å². The second-order valence-corrected chi connectivity index (χ2v) is 9.30. The highest BCUT2D eigenvalue weighted by molar-refractivity contribution is 7.25. The van der Waals surface area contributed by atoms with E-state index < -0.39 is 0 Å². The first-order valence-corrected chi connectivity index (χ1v) is 11.8. The van der Waals surface area contributed by atoms with Crippen molar-refractivity contribution in [3.8, 4) is 11.5 Å². The van der Waals surface area contributed by atoms with Gasteiger partial charge in [-0.15, -0.1) is 11.3 Å². The molecule has 29 heavy (non-hydrogen) atoms. The summed E-state index contributed by atoms with van der Waals surface area (Å²) in [4.78, 5) is 4.98. The molecule has 0 aliphatic carbocycles. The average Bonchev–Trinajstić information content (AvgIpc) is 3.49. The number of fused-ring (bicyclic) bond motifs is 3. The Balaban J connectivity index is 1.27. The number of benzene rings is 2. The van der Waals surface area contributed by atoms with E-state index in [1.54, 1.807) is 0 Å². The minimum absolute atomic E-state index is 0.762. The molecule has 2 aromatic carbocycles. The van der Waals surface area contributed by atoms with Crippen molar-refractivity contribution in [2.24, 2.45) is 0 Å². The first kappa shape index (κ1) is 19.2. The van der Waals surface area contributed by atoms with Gasteiger partial charge in [0, 0.05) is 33.3 Å². The third kappa shape index (κ3) is 4.52. The number of nitrogens with zero attached hydrogens (tertiary/aromatic N) is 2. The normalized spacial score (nSPS) is 18.2. The van der Waals surface area contributed by atoms with Gasteiger partial charge in [-0.25, -0.2) is 0 Å². The van der Waals surface area contributed by atoms with Crippen molar-refractivity contribution in [3.05, 3.63) is 36.4 Å². The standard InChI is InChI=1S/C24H30N2O2S/c1-2-10-25(9-1)13-15-27-19-5-7-23-21(17-19)22-18-20(6-8-24(22)29-23)28-16-14-26-11-3-4-12-26/h5-8,17-18H,1-4,9-16H2. The molecule has 5 rings (SSSR count). The van der Waals surface area contributed by atoms with Crippen LogP contribution in [0.4, 0.5) is 0 Å². The summed E-state index contributed by atoms with van der Waals surface area (Å²) in [5.74, 6) is 1.94. The second kappa shape index (κ2) is 8.90. The molecule has 5 heteroatoms. The molecular formula is C24H30N2O2S. The summed E-state index contributed by atoms with van der Waals surface area (Å²) in [5, 5.41) is 2.54. The van der Waals surface area contributed by atoms with Crippen molar-refractivity contribution >= 4 is 31.5 Å². The molecule has 0 bridgehead atoms. The highest BCUT2D eigenvalue weighted by Crippen LogP contribution is 2.37. The van der Waals surface area contributed by atoms with E-state index in [4.69, 9.17) is 9.47 Å². The first-order chi connectivity index (χ1) is 14.3. The molecule has 1 aromatic heterocycles. The Hall–Kier alpha value is -1.82. The van der Waals surface area contributed by atoms with E-state index >= 15 is 0 Å². The lowest BCUT2D eigenvalue weighted by Gasteiger charge is -2.15. The maximum Gasteiger partial charge on any atom is 0.120 e. The summed E-state index contributed by atoms with van der Waals surface area (Å²) >= 11 is 1.84. The van der Waals surface area contributed by atoms with Crippen LogP contribution in [0.5, 0.6) is 11.5 Å². The molecule has 2 aliphatic heterocycles. The van der Waals surface area contributed by atoms with Gasteiger partial charge in [-0.1, -0.05) is 0 Å². The summed E-state index contributed by atoms with van der Waals surface area (Å²) < 4.78 is 14.8. The van der Waals surface area contributed by atoms with Gasteiger partial charge in [-0.05, 0) is 88.3 Å². The zero-order chi connectivity index (χ0) is 19.5. The number of rotatable bonds is 8. The quantitative estimate of drug-likeness (QED) is 0.521. The minimum Gasteiger partial charge on any atom is -0.492 e. The third-order valence-electron chi connectivity index (χ3n) is 6.16. The fourth-order valence-corrected chi connectivity index (χ4v) is 5.58. The van der Waals surface area contributed by atoms with E-state index in [1.165, 1.54) is 72.0 Å². The molecule has 0 atom stereocenters. The maximum atomic E-state index is 6.07. The van der Waals surface area contributed by atoms with Crippen molar-refractivity contribution in [1.82, 2.24) is 9.80 Å². The van der Waals surface area contributed by atoms with E-state index in [1.807, 2.05) is 11.3 Å². The maximum absolute atomic E-state index is 6.07. The van der Waals surface area contributed by atoms with Crippen LogP contribution in [0.3, 0.4) is 0 Å². The number of thiophene rings is 1. The van der Waals surface area contributed by atoms with Crippen molar-refractivity contribution in [3.63, 3.8) is 0 Å². The van der Waals surface area contributed by atoms with Gasteiger partial charge < -0.3 is 9.47 Å². The van der Waals surface area contributed by atoms with Crippen LogP contribution in [0.15, 0.2) is 36.4 Å². The Morgan fingerprint density at radius 3 is 1.55 bits per heavy atom. The molecule has 0 radical (unpaired) electrons. The Bertz CT molecular complexity index is 882. The van der Waals surface area contributed by atoms with Crippen molar-refractivity contribution in [2.75, 3.05) is 52.5 Å². The summed E-state index contributed by atoms with van der Waals surface area (Å²) in [7, 11) is 0. The predicted octanol–water partition coefficient (Wildman–Crippen LogP) is 5.00. The summed E-state index contributed by atoms with van der Waals surface area (Å²) in [5.41, 5.74) is 0. The Morgan fingerprint density at radius 1 is 0.655 bits per heavy atom. The lowest BCUT2D eigenvalue weighted by molar-refractivity contribution is 0.238. The van der Waals surface area contributed by atoms with Crippen molar-refractivity contribution in [1.29, 1.82) is 0 Å². The van der Waals surface area contributed by atoms with Crippen LogP contribution in [0.2, 0.25) is 0 Å². The molecular weight excluding hydrogens is 380 g/mol. The predicted molar refractivity (Wildman–Crippen MR) is 122 cm³/mol. The largest absolute Gasteiger partial charge is 0.492 e. The van der Waals surface area contributed by atoms with Crippen molar-refractivity contribution < 1.29 is 9.47 Å². The van der Waals surface area contributed by atoms with Gasteiger partial charge in [0.15, 0.2) is 0 Å². The van der Waals surface area contributed by atoms with Crippen LogP contribution in [-0.2, 0) is 0 Å². The van der Waals surface area contributed by atoms with Gasteiger partial charge in [0.05, 0.1) is 0 Å². The van der Waals surface area contributed by atoms with Crippen LogP contribution < -0.4 is 9.47 Å². The Morgan fingerprint density at radius 2 is 1.10 bits per heavy atom. The smallest absolute Gasteiger partial charge is 0.120 e. The van der Waals surface area contributed by atoms with E-state index in [0.29, 0.717) is 0 Å². The van der Waals surface area contributed by atoms with Crippen molar-refractivity contribution in [2.45, 2.75) is 25.7 Å². The molecule has 3 heterocycles. The summed E-state index contributed by atoms with van der Waals surface area (Å²) in [6.07, 6.45) is 5.31. The minimum atomic E-state index is 0.762. The lowest BCUT2D eigenvalue weighted by Crippen LogP contribution is -2.25. The topological polar surface area (TPSA) is 24.9 Å². The fourth-order valence-electron chi connectivity index (χ4n) is 4.51. The molecule has 0 saturated carbocycles. The molecule has 0 amide bonds. The van der Waals surface area contributed by atoms with Gasteiger partial charge in [0.1, 0.15) is 24.7 Å². The zero-order valence-electron chi connectivity index (χ0n) is 17.1. The molecule has 2 saturated heterocycles. The van der Waals surface area contributed by atoms with E-state index in [2.05, 4.69) is 46.2 Å². The monoisotopic (exact) mass is 410 g/mol. The van der Waals surface area contributed by atoms with E-state index in [-0.39, 0.29) is 0 Å². The van der Waals surface area contributed by atoms with Crippen LogP contribution in [0, 0.1) is 0 Å². The molecule has 0 spiro atoms. The number of ether oxygens (including phenoxy) is 2.